The number of carbonyl (C=O) groups excluding carboxylic acids is 2. The van der Waals surface area contributed by atoms with Crippen LogP contribution in [0.15, 0.2) is 48.5 Å². The van der Waals surface area contributed by atoms with Crippen LogP contribution in [0.4, 0.5) is 0 Å². The van der Waals surface area contributed by atoms with Crippen molar-refractivity contribution in [3.63, 3.8) is 0 Å². The maximum absolute atomic E-state index is 12.4. The van der Waals surface area contributed by atoms with Crippen LogP contribution >= 0.6 is 0 Å². The van der Waals surface area contributed by atoms with E-state index in [0.29, 0.717) is 0 Å². The summed E-state index contributed by atoms with van der Waals surface area (Å²) in [7, 11) is 0. The van der Waals surface area contributed by atoms with Crippen LogP contribution in [0.1, 0.15) is 45.7 Å². The lowest BCUT2D eigenvalue weighted by Gasteiger charge is -2.19. The van der Waals surface area contributed by atoms with E-state index in [1.54, 1.807) is 38.1 Å². The van der Waals surface area contributed by atoms with Crippen molar-refractivity contribution in [3.05, 3.63) is 70.8 Å². The maximum atomic E-state index is 12.4. The molecule has 0 aliphatic heterocycles. The molecule has 0 radical (unpaired) electrons. The van der Waals surface area contributed by atoms with Crippen LogP contribution in [0.5, 0.6) is 0 Å². The molecule has 3 N–H and O–H groups in total. The lowest BCUT2D eigenvalue weighted by Crippen LogP contribution is -2.43. The van der Waals surface area contributed by atoms with Gasteiger partial charge in [-0.2, -0.15) is 0 Å². The molecule has 0 bridgehead atoms. The highest BCUT2D eigenvalue weighted by atomic mass is 16.6. The van der Waals surface area contributed by atoms with Crippen molar-refractivity contribution >= 4 is 29.5 Å². The summed E-state index contributed by atoms with van der Waals surface area (Å²) in [5.41, 5.74) is 2.35. The Kier molecular flexibility index (Phi) is 12.1. The number of carbonyl (C=O) groups is 5. The van der Waals surface area contributed by atoms with Gasteiger partial charge in [-0.25, -0.2) is 9.59 Å². The Bertz CT molecular complexity index is 978. The average molecular weight is 503 g/mol. The summed E-state index contributed by atoms with van der Waals surface area (Å²) in [6, 6.07) is 13.0. The Morgan fingerprint density at radius 3 is 1.14 bits per heavy atom. The zero-order chi connectivity index (χ0) is 27.4. The molecular weight excluding hydrogens is 472 g/mol. The van der Waals surface area contributed by atoms with E-state index in [-0.39, 0.29) is 24.3 Å². The number of ether oxygens (including phenoxy) is 2. The number of benzene rings is 2. The standard InChI is InChI=1S/C18H16O4.C8H14O6/c1-11-3-7-13(8-4-11)16(19)15(18(21)22)17(20)14-9-5-12(2)6-10-14;1-3-13-5(7(9)10)6(8(11)12)14-4-2/h3-10,15H,1-2H3,(H,21,22);5-6H,3-4H2,1-2H3,(H,9,10)(H,11,12). The molecule has 0 saturated carbocycles. The van der Waals surface area contributed by atoms with Crippen LogP contribution in [0.3, 0.4) is 0 Å². The Hall–Kier alpha value is -3.89. The van der Waals surface area contributed by atoms with E-state index in [4.69, 9.17) is 19.7 Å². The number of rotatable bonds is 12. The maximum Gasteiger partial charge on any atom is 0.336 e. The number of aryl methyl sites for hydroxylation is 2. The Morgan fingerprint density at radius 1 is 0.611 bits per heavy atom. The second kappa shape index (κ2) is 14.5. The number of Topliss-reactive ketones (excluding diaryl/α,β-unsaturated/α-hetero) is 2. The van der Waals surface area contributed by atoms with E-state index in [2.05, 4.69) is 0 Å². The van der Waals surface area contributed by atoms with Gasteiger partial charge in [0.15, 0.2) is 29.7 Å². The quantitative estimate of drug-likeness (QED) is 0.290. The predicted molar refractivity (Wildman–Crippen MR) is 128 cm³/mol. The van der Waals surface area contributed by atoms with Gasteiger partial charge < -0.3 is 24.8 Å². The molecule has 0 heterocycles. The van der Waals surface area contributed by atoms with E-state index < -0.39 is 47.6 Å². The number of carboxylic acid groups (broad SMARTS) is 3. The molecule has 0 aliphatic rings. The van der Waals surface area contributed by atoms with Gasteiger partial charge in [0.25, 0.3) is 0 Å². The minimum absolute atomic E-state index is 0.119. The van der Waals surface area contributed by atoms with Gasteiger partial charge in [-0.05, 0) is 27.7 Å². The van der Waals surface area contributed by atoms with E-state index in [0.717, 1.165) is 11.1 Å². The molecular formula is C26H30O10. The minimum Gasteiger partial charge on any atom is -0.480 e. The van der Waals surface area contributed by atoms with E-state index >= 15 is 0 Å². The number of hydrogen-bond donors (Lipinski definition) is 3. The summed E-state index contributed by atoms with van der Waals surface area (Å²) in [6.45, 7) is 7.13. The highest BCUT2D eigenvalue weighted by Crippen LogP contribution is 2.17. The van der Waals surface area contributed by atoms with Gasteiger partial charge in [-0.1, -0.05) is 59.7 Å². The molecule has 0 aliphatic carbocycles. The number of hydrogen-bond acceptors (Lipinski definition) is 7. The lowest BCUT2D eigenvalue weighted by atomic mass is 9.89. The molecule has 0 amide bonds. The fraction of sp³-hybridized carbons (Fsp3) is 0.346. The zero-order valence-electron chi connectivity index (χ0n) is 20.5. The topological polar surface area (TPSA) is 164 Å². The molecule has 2 aromatic rings. The molecule has 2 aromatic carbocycles. The third-order valence-electron chi connectivity index (χ3n) is 4.90. The van der Waals surface area contributed by atoms with Crippen molar-refractivity contribution < 1.29 is 48.8 Å². The summed E-state index contributed by atoms with van der Waals surface area (Å²) < 4.78 is 9.55. The van der Waals surface area contributed by atoms with Crippen LogP contribution in [0.2, 0.25) is 0 Å². The molecule has 2 atom stereocenters. The van der Waals surface area contributed by atoms with Crippen LogP contribution in [-0.2, 0) is 23.9 Å². The largest absolute Gasteiger partial charge is 0.480 e. The third-order valence-corrected chi connectivity index (χ3v) is 4.90. The summed E-state index contributed by atoms with van der Waals surface area (Å²) >= 11 is 0. The molecule has 194 valence electrons. The van der Waals surface area contributed by atoms with Crippen LogP contribution in [0.25, 0.3) is 0 Å². The van der Waals surface area contributed by atoms with Gasteiger partial charge in [0.1, 0.15) is 0 Å². The summed E-state index contributed by atoms with van der Waals surface area (Å²) in [5, 5.41) is 26.7. The van der Waals surface area contributed by atoms with Gasteiger partial charge >= 0.3 is 17.9 Å². The minimum atomic E-state index is -1.72. The van der Waals surface area contributed by atoms with Crippen molar-refractivity contribution in [3.8, 4) is 0 Å². The smallest absolute Gasteiger partial charge is 0.336 e. The Labute approximate surface area is 208 Å². The van der Waals surface area contributed by atoms with Crippen molar-refractivity contribution in [2.75, 3.05) is 13.2 Å². The fourth-order valence-corrected chi connectivity index (χ4v) is 3.05. The second-order valence-electron chi connectivity index (χ2n) is 7.66. The fourth-order valence-electron chi connectivity index (χ4n) is 3.05. The third kappa shape index (κ3) is 8.71. The lowest BCUT2D eigenvalue weighted by molar-refractivity contribution is -0.175. The van der Waals surface area contributed by atoms with Crippen molar-refractivity contribution in [1.29, 1.82) is 0 Å². The van der Waals surface area contributed by atoms with Crippen LogP contribution < -0.4 is 0 Å². The SMILES string of the molecule is CCOC(C(=O)O)C(OCC)C(=O)O.Cc1ccc(C(=O)C(C(=O)O)C(=O)c2ccc(C)cc2)cc1. The first-order valence-corrected chi connectivity index (χ1v) is 11.1. The first-order valence-electron chi connectivity index (χ1n) is 11.1. The van der Waals surface area contributed by atoms with Gasteiger partial charge in [-0.3, -0.25) is 14.4 Å². The summed E-state index contributed by atoms with van der Waals surface area (Å²) in [6.07, 6.45) is -2.92. The number of aliphatic carboxylic acids is 3. The monoisotopic (exact) mass is 502 g/mol. The Balaban J connectivity index is 0.000000402. The number of carboxylic acids is 3. The van der Waals surface area contributed by atoms with Gasteiger partial charge in [-0.15, -0.1) is 0 Å². The molecule has 2 rings (SSSR count). The normalized spacial score (nSPS) is 12.1. The van der Waals surface area contributed by atoms with Crippen LogP contribution in [-0.4, -0.2) is 70.2 Å². The zero-order valence-corrected chi connectivity index (χ0v) is 20.5. The summed E-state index contributed by atoms with van der Waals surface area (Å²) in [4.78, 5) is 57.5. The highest BCUT2D eigenvalue weighted by molar-refractivity contribution is 6.26. The molecule has 36 heavy (non-hydrogen) atoms. The first kappa shape index (κ1) is 30.1. The van der Waals surface area contributed by atoms with Crippen molar-refractivity contribution in [1.82, 2.24) is 0 Å². The van der Waals surface area contributed by atoms with Crippen molar-refractivity contribution in [2.45, 2.75) is 39.9 Å². The van der Waals surface area contributed by atoms with E-state index in [9.17, 15) is 29.1 Å². The van der Waals surface area contributed by atoms with Gasteiger partial charge in [0.2, 0.25) is 0 Å². The molecule has 0 fully saturated rings. The molecule has 0 aromatic heterocycles. The highest BCUT2D eigenvalue weighted by Gasteiger charge is 2.36. The first-order chi connectivity index (χ1) is 16.9. The average Bonchev–Trinajstić information content (AvgIpc) is 2.82. The van der Waals surface area contributed by atoms with E-state index in [1.165, 1.54) is 24.3 Å². The Morgan fingerprint density at radius 2 is 0.917 bits per heavy atom. The van der Waals surface area contributed by atoms with Crippen LogP contribution in [0, 0.1) is 19.8 Å². The van der Waals surface area contributed by atoms with Gasteiger partial charge in [0.05, 0.1) is 0 Å². The number of ketones is 2. The molecule has 2 unspecified atom stereocenters. The predicted octanol–water partition coefficient (Wildman–Crippen LogP) is 3.04. The molecule has 10 nitrogen and oxygen atoms in total. The molecule has 10 heteroatoms. The van der Waals surface area contributed by atoms with Gasteiger partial charge in [0, 0.05) is 24.3 Å². The second-order valence-corrected chi connectivity index (χ2v) is 7.66. The molecule has 0 saturated heterocycles. The van der Waals surface area contributed by atoms with Crippen molar-refractivity contribution in [2.24, 2.45) is 5.92 Å². The summed E-state index contributed by atoms with van der Waals surface area (Å²) in [5.74, 6) is -7.22. The molecule has 0 spiro atoms. The van der Waals surface area contributed by atoms with E-state index in [1.807, 2.05) is 13.8 Å².